The van der Waals surface area contributed by atoms with Gasteiger partial charge in [0.15, 0.2) is 0 Å². The van der Waals surface area contributed by atoms with E-state index in [1.54, 1.807) is 11.8 Å². The molecule has 1 unspecified atom stereocenters. The van der Waals surface area contributed by atoms with Crippen LogP contribution in [0.2, 0.25) is 0 Å². The van der Waals surface area contributed by atoms with Gasteiger partial charge < -0.3 is 15.1 Å². The van der Waals surface area contributed by atoms with Crippen molar-refractivity contribution in [3.63, 3.8) is 0 Å². The second-order valence-corrected chi connectivity index (χ2v) is 7.58. The lowest BCUT2D eigenvalue weighted by molar-refractivity contribution is -0.116. The number of nitrogens with zero attached hydrogens (tertiary/aromatic N) is 2. The van der Waals surface area contributed by atoms with E-state index in [2.05, 4.69) is 36.5 Å². The molecular formula is C23H27N3O2. The van der Waals surface area contributed by atoms with Crippen LogP contribution in [0, 0.1) is 0 Å². The standard InChI is InChI=1S/C23H27N3O2/c1-3-17-4-6-18(7-5-17)22-15-24-11-13-26(22)23(28)20-8-9-21-19(14-20)10-12-25(21)16(2)27/h4-9,14,22,24H,3,10-13,15H2,1-2H3. The third kappa shape index (κ3) is 3.42. The molecule has 2 aromatic rings. The van der Waals surface area contributed by atoms with E-state index in [9.17, 15) is 9.59 Å². The molecule has 1 fully saturated rings. The SMILES string of the molecule is CCc1ccc(C2CNCCN2C(=O)c2ccc3c(c2)CCN3C(C)=O)cc1. The molecule has 2 heterocycles. The topological polar surface area (TPSA) is 52.7 Å². The van der Waals surface area contributed by atoms with Crippen LogP contribution in [-0.4, -0.2) is 42.9 Å². The number of piperazine rings is 1. The molecule has 0 aliphatic carbocycles. The van der Waals surface area contributed by atoms with E-state index in [-0.39, 0.29) is 17.9 Å². The van der Waals surface area contributed by atoms with Crippen LogP contribution in [0.3, 0.4) is 0 Å². The first-order valence-corrected chi connectivity index (χ1v) is 10.1. The number of carbonyl (C=O) groups is 2. The van der Waals surface area contributed by atoms with Gasteiger partial charge in [-0.1, -0.05) is 31.2 Å². The van der Waals surface area contributed by atoms with Crippen LogP contribution < -0.4 is 10.2 Å². The van der Waals surface area contributed by atoms with Gasteiger partial charge in [-0.05, 0) is 47.7 Å². The van der Waals surface area contributed by atoms with E-state index in [0.717, 1.165) is 37.2 Å². The highest BCUT2D eigenvalue weighted by Gasteiger charge is 2.30. The lowest BCUT2D eigenvalue weighted by atomic mass is 9.99. The summed E-state index contributed by atoms with van der Waals surface area (Å²) < 4.78 is 0. The first-order valence-electron chi connectivity index (χ1n) is 10.1. The summed E-state index contributed by atoms with van der Waals surface area (Å²) in [5, 5.41) is 3.42. The quantitative estimate of drug-likeness (QED) is 0.895. The molecule has 1 saturated heterocycles. The van der Waals surface area contributed by atoms with Crippen molar-refractivity contribution in [2.24, 2.45) is 0 Å². The molecule has 2 aromatic carbocycles. The lowest BCUT2D eigenvalue weighted by Gasteiger charge is -2.37. The summed E-state index contributed by atoms with van der Waals surface area (Å²) in [6.07, 6.45) is 1.82. The van der Waals surface area contributed by atoms with E-state index in [0.29, 0.717) is 18.7 Å². The van der Waals surface area contributed by atoms with Gasteiger partial charge in [0.2, 0.25) is 5.91 Å². The molecular weight excluding hydrogens is 350 g/mol. The van der Waals surface area contributed by atoms with Crippen molar-refractivity contribution in [1.29, 1.82) is 0 Å². The van der Waals surface area contributed by atoms with Gasteiger partial charge in [0.25, 0.3) is 5.91 Å². The Morgan fingerprint density at radius 3 is 2.61 bits per heavy atom. The highest BCUT2D eigenvalue weighted by Crippen LogP contribution is 2.31. The minimum atomic E-state index is 0.0362. The molecule has 4 rings (SSSR count). The summed E-state index contributed by atoms with van der Waals surface area (Å²) in [6, 6.07) is 14.4. The predicted octanol–water partition coefficient (Wildman–Crippen LogP) is 2.94. The van der Waals surface area contributed by atoms with Gasteiger partial charge in [-0.25, -0.2) is 0 Å². The van der Waals surface area contributed by atoms with Gasteiger partial charge in [0.1, 0.15) is 0 Å². The molecule has 2 aliphatic heterocycles. The van der Waals surface area contributed by atoms with E-state index in [4.69, 9.17) is 0 Å². The summed E-state index contributed by atoms with van der Waals surface area (Å²) in [6.45, 7) is 6.69. The summed E-state index contributed by atoms with van der Waals surface area (Å²) in [7, 11) is 0. The molecule has 1 N–H and O–H groups in total. The molecule has 146 valence electrons. The number of amides is 2. The molecule has 1 atom stereocenters. The summed E-state index contributed by atoms with van der Waals surface area (Å²) in [4.78, 5) is 28.9. The van der Waals surface area contributed by atoms with Gasteiger partial charge in [-0.3, -0.25) is 9.59 Å². The summed E-state index contributed by atoms with van der Waals surface area (Å²) in [5.41, 5.74) is 5.21. The number of hydrogen-bond acceptors (Lipinski definition) is 3. The fraction of sp³-hybridized carbons (Fsp3) is 0.391. The third-order valence-corrected chi connectivity index (χ3v) is 5.88. The zero-order chi connectivity index (χ0) is 19.7. The molecule has 2 aliphatic rings. The van der Waals surface area contributed by atoms with Crippen molar-refractivity contribution in [2.75, 3.05) is 31.1 Å². The Morgan fingerprint density at radius 2 is 1.89 bits per heavy atom. The van der Waals surface area contributed by atoms with Gasteiger partial charge in [0, 0.05) is 44.4 Å². The van der Waals surface area contributed by atoms with Crippen LogP contribution >= 0.6 is 0 Å². The van der Waals surface area contributed by atoms with Crippen molar-refractivity contribution in [1.82, 2.24) is 10.2 Å². The second-order valence-electron chi connectivity index (χ2n) is 7.58. The fourth-order valence-corrected chi connectivity index (χ4v) is 4.25. The van der Waals surface area contributed by atoms with Gasteiger partial charge in [-0.15, -0.1) is 0 Å². The zero-order valence-corrected chi connectivity index (χ0v) is 16.6. The Balaban J connectivity index is 1.59. The zero-order valence-electron chi connectivity index (χ0n) is 16.6. The van der Waals surface area contributed by atoms with Crippen LogP contribution in [0.4, 0.5) is 5.69 Å². The maximum absolute atomic E-state index is 13.3. The van der Waals surface area contributed by atoms with E-state index in [1.807, 2.05) is 23.1 Å². The first-order chi connectivity index (χ1) is 13.6. The average molecular weight is 377 g/mol. The minimum Gasteiger partial charge on any atom is -0.329 e. The number of rotatable bonds is 3. The average Bonchev–Trinajstić information content (AvgIpc) is 3.17. The van der Waals surface area contributed by atoms with Crippen molar-refractivity contribution < 1.29 is 9.59 Å². The first kappa shape index (κ1) is 18.7. The number of aryl methyl sites for hydroxylation is 1. The summed E-state index contributed by atoms with van der Waals surface area (Å²) in [5.74, 6) is 0.116. The molecule has 5 heteroatoms. The minimum absolute atomic E-state index is 0.0362. The number of fused-ring (bicyclic) bond motifs is 1. The van der Waals surface area contributed by atoms with Crippen LogP contribution in [0.25, 0.3) is 0 Å². The van der Waals surface area contributed by atoms with Crippen molar-refractivity contribution in [3.8, 4) is 0 Å². The number of benzene rings is 2. The number of carbonyl (C=O) groups excluding carboxylic acids is 2. The lowest BCUT2D eigenvalue weighted by Crippen LogP contribution is -2.48. The van der Waals surface area contributed by atoms with Gasteiger partial charge in [0.05, 0.1) is 6.04 Å². The van der Waals surface area contributed by atoms with Gasteiger partial charge >= 0.3 is 0 Å². The molecule has 0 saturated carbocycles. The Labute approximate surface area is 166 Å². The maximum Gasteiger partial charge on any atom is 0.254 e. The molecule has 2 amide bonds. The van der Waals surface area contributed by atoms with Gasteiger partial charge in [-0.2, -0.15) is 0 Å². The molecule has 0 aromatic heterocycles. The Morgan fingerprint density at radius 1 is 1.11 bits per heavy atom. The fourth-order valence-electron chi connectivity index (χ4n) is 4.25. The molecule has 0 radical (unpaired) electrons. The van der Waals surface area contributed by atoms with Crippen LogP contribution in [0.1, 0.15) is 46.9 Å². The van der Waals surface area contributed by atoms with Crippen LogP contribution in [0.5, 0.6) is 0 Å². The molecule has 28 heavy (non-hydrogen) atoms. The molecule has 0 spiro atoms. The predicted molar refractivity (Wildman–Crippen MR) is 111 cm³/mol. The van der Waals surface area contributed by atoms with Crippen molar-refractivity contribution >= 4 is 17.5 Å². The normalized spacial score (nSPS) is 18.9. The van der Waals surface area contributed by atoms with Crippen molar-refractivity contribution in [3.05, 3.63) is 64.7 Å². The van der Waals surface area contributed by atoms with Crippen molar-refractivity contribution in [2.45, 2.75) is 32.7 Å². The van der Waals surface area contributed by atoms with E-state index < -0.39 is 0 Å². The molecule has 5 nitrogen and oxygen atoms in total. The number of nitrogens with one attached hydrogen (secondary N) is 1. The Bertz CT molecular complexity index is 891. The highest BCUT2D eigenvalue weighted by molar-refractivity contribution is 5.98. The number of anilines is 1. The van der Waals surface area contributed by atoms with Crippen LogP contribution in [-0.2, 0) is 17.6 Å². The molecule has 0 bridgehead atoms. The Hall–Kier alpha value is -2.66. The van der Waals surface area contributed by atoms with E-state index >= 15 is 0 Å². The Kier molecular flexibility index (Phi) is 5.18. The summed E-state index contributed by atoms with van der Waals surface area (Å²) >= 11 is 0. The smallest absolute Gasteiger partial charge is 0.254 e. The monoisotopic (exact) mass is 377 g/mol. The van der Waals surface area contributed by atoms with Crippen LogP contribution in [0.15, 0.2) is 42.5 Å². The second kappa shape index (κ2) is 7.76. The number of hydrogen-bond donors (Lipinski definition) is 1. The largest absolute Gasteiger partial charge is 0.329 e. The highest BCUT2D eigenvalue weighted by atomic mass is 16.2. The third-order valence-electron chi connectivity index (χ3n) is 5.88. The maximum atomic E-state index is 13.3. The van der Waals surface area contributed by atoms with E-state index in [1.165, 1.54) is 11.1 Å².